The minimum atomic E-state index is -0.297. The van der Waals surface area contributed by atoms with E-state index in [1.165, 1.54) is 12.1 Å². The van der Waals surface area contributed by atoms with Crippen molar-refractivity contribution in [2.45, 2.75) is 33.1 Å². The van der Waals surface area contributed by atoms with Crippen LogP contribution in [0.5, 0.6) is 0 Å². The molecule has 3 N–H and O–H groups in total. The molecular formula is C31H29FN6O. The Morgan fingerprint density at radius 1 is 1.10 bits per heavy atom. The fourth-order valence-electron chi connectivity index (χ4n) is 4.50. The Labute approximate surface area is 225 Å². The lowest BCUT2D eigenvalue weighted by Gasteiger charge is -2.07. The molecule has 7 nitrogen and oxygen atoms in total. The third-order valence-corrected chi connectivity index (χ3v) is 6.48. The van der Waals surface area contributed by atoms with E-state index in [1.807, 2.05) is 37.3 Å². The third kappa shape index (κ3) is 5.55. The van der Waals surface area contributed by atoms with Crippen molar-refractivity contribution in [2.24, 2.45) is 0 Å². The van der Waals surface area contributed by atoms with Crippen LogP contribution in [0.2, 0.25) is 0 Å². The summed E-state index contributed by atoms with van der Waals surface area (Å²) in [6.07, 6.45) is 9.28. The first-order valence-corrected chi connectivity index (χ1v) is 12.9. The number of anilines is 1. The number of hydrogen-bond donors (Lipinski definition) is 3. The molecule has 0 bridgehead atoms. The van der Waals surface area contributed by atoms with Gasteiger partial charge in [-0.15, -0.1) is 0 Å². The van der Waals surface area contributed by atoms with Gasteiger partial charge in [0.2, 0.25) is 5.91 Å². The number of nitrogens with zero attached hydrogens (tertiary/aromatic N) is 3. The molecule has 0 atom stereocenters. The van der Waals surface area contributed by atoms with Crippen molar-refractivity contribution in [3.05, 3.63) is 102 Å². The first-order valence-electron chi connectivity index (χ1n) is 12.9. The number of benzene rings is 2. The van der Waals surface area contributed by atoms with E-state index < -0.39 is 0 Å². The number of pyridine rings is 1. The average molecular weight is 521 g/mol. The van der Waals surface area contributed by atoms with Gasteiger partial charge in [0.25, 0.3) is 0 Å². The monoisotopic (exact) mass is 520 g/mol. The van der Waals surface area contributed by atoms with Gasteiger partial charge in [-0.05, 0) is 54.8 Å². The third-order valence-electron chi connectivity index (χ3n) is 6.48. The zero-order valence-electron chi connectivity index (χ0n) is 21.9. The average Bonchev–Trinajstić information content (AvgIpc) is 3.54. The standard InChI is InChI=1S/C31H29FN6O/c1-4-6-8-28(39)35-24-15-22(17-33-18-24)21-11-14-27-26(16-21)30(38-37-27)31-34-19(3)29(36-31)25(7-5-2)20-9-12-23(32)13-10-20/h5,7,9-18H,2,4,6,8H2,1,3H3,(H,34,36)(H,35,39)(H,37,38)/b25-7-. The van der Waals surface area contributed by atoms with Crippen molar-refractivity contribution in [2.75, 3.05) is 5.32 Å². The molecule has 0 aliphatic heterocycles. The van der Waals surface area contributed by atoms with E-state index in [9.17, 15) is 9.18 Å². The zero-order valence-corrected chi connectivity index (χ0v) is 21.9. The molecule has 0 aliphatic rings. The summed E-state index contributed by atoms with van der Waals surface area (Å²) in [7, 11) is 0. The molecule has 0 saturated carbocycles. The van der Waals surface area contributed by atoms with E-state index in [0.717, 1.165) is 57.4 Å². The second-order valence-electron chi connectivity index (χ2n) is 9.33. The quantitative estimate of drug-likeness (QED) is 0.179. The minimum absolute atomic E-state index is 0.0159. The van der Waals surface area contributed by atoms with Crippen LogP contribution in [0.15, 0.2) is 79.7 Å². The Hall–Kier alpha value is -4.85. The summed E-state index contributed by atoms with van der Waals surface area (Å²) in [5.41, 5.74) is 7.26. The summed E-state index contributed by atoms with van der Waals surface area (Å²) in [5.74, 6) is 0.297. The number of H-pyrrole nitrogens is 2. The number of amides is 1. The Bertz CT molecular complexity index is 1680. The largest absolute Gasteiger partial charge is 0.340 e. The Morgan fingerprint density at radius 2 is 1.92 bits per heavy atom. The molecule has 0 fully saturated rings. The van der Waals surface area contributed by atoms with Gasteiger partial charge in [-0.2, -0.15) is 5.10 Å². The molecule has 0 unspecified atom stereocenters. The van der Waals surface area contributed by atoms with Crippen LogP contribution in [-0.4, -0.2) is 31.1 Å². The van der Waals surface area contributed by atoms with Crippen molar-refractivity contribution in [3.8, 4) is 22.6 Å². The van der Waals surface area contributed by atoms with Gasteiger partial charge in [0.15, 0.2) is 5.82 Å². The normalized spacial score (nSPS) is 11.6. The van der Waals surface area contributed by atoms with E-state index in [-0.39, 0.29) is 11.7 Å². The first-order chi connectivity index (χ1) is 19.0. The molecule has 0 saturated heterocycles. The van der Waals surface area contributed by atoms with Gasteiger partial charge in [0.1, 0.15) is 11.5 Å². The lowest BCUT2D eigenvalue weighted by molar-refractivity contribution is -0.116. The molecule has 1 amide bonds. The molecule has 2 aromatic carbocycles. The van der Waals surface area contributed by atoms with Gasteiger partial charge >= 0.3 is 0 Å². The van der Waals surface area contributed by atoms with Crippen LogP contribution in [0.25, 0.3) is 39.1 Å². The number of aromatic nitrogens is 5. The Morgan fingerprint density at radius 3 is 2.69 bits per heavy atom. The van der Waals surface area contributed by atoms with E-state index in [1.54, 1.807) is 30.6 Å². The first kappa shape index (κ1) is 25.8. The van der Waals surface area contributed by atoms with Crippen molar-refractivity contribution < 1.29 is 9.18 Å². The van der Waals surface area contributed by atoms with Crippen LogP contribution in [-0.2, 0) is 4.79 Å². The highest BCUT2D eigenvalue weighted by molar-refractivity contribution is 5.95. The topological polar surface area (TPSA) is 99.3 Å². The van der Waals surface area contributed by atoms with Crippen LogP contribution in [0.1, 0.15) is 43.1 Å². The number of carbonyl (C=O) groups is 1. The molecule has 3 heterocycles. The molecule has 0 radical (unpaired) electrons. The summed E-state index contributed by atoms with van der Waals surface area (Å²) >= 11 is 0. The van der Waals surface area contributed by atoms with Crippen molar-refractivity contribution >= 4 is 28.1 Å². The number of nitrogens with one attached hydrogen (secondary N) is 3. The Balaban J connectivity index is 1.49. The lowest BCUT2D eigenvalue weighted by atomic mass is 10.0. The number of rotatable bonds is 9. The predicted molar refractivity (Wildman–Crippen MR) is 153 cm³/mol. The minimum Gasteiger partial charge on any atom is -0.340 e. The second-order valence-corrected chi connectivity index (χ2v) is 9.33. The van der Waals surface area contributed by atoms with E-state index >= 15 is 0 Å². The number of aryl methyl sites for hydroxylation is 1. The maximum absolute atomic E-state index is 13.5. The molecule has 5 aromatic rings. The molecule has 0 aliphatic carbocycles. The summed E-state index contributed by atoms with van der Waals surface area (Å²) < 4.78 is 13.5. The maximum Gasteiger partial charge on any atom is 0.224 e. The van der Waals surface area contributed by atoms with Crippen LogP contribution in [0.3, 0.4) is 0 Å². The fourth-order valence-corrected chi connectivity index (χ4v) is 4.50. The summed E-state index contributed by atoms with van der Waals surface area (Å²) in [6, 6.07) is 14.2. The fraction of sp³-hybridized carbons (Fsp3) is 0.161. The van der Waals surface area contributed by atoms with Gasteiger partial charge in [-0.3, -0.25) is 14.9 Å². The van der Waals surface area contributed by atoms with Gasteiger partial charge < -0.3 is 10.3 Å². The van der Waals surface area contributed by atoms with Gasteiger partial charge in [-0.1, -0.05) is 50.3 Å². The number of imidazole rings is 1. The second kappa shape index (κ2) is 11.3. The number of hydrogen-bond acceptors (Lipinski definition) is 4. The smallest absolute Gasteiger partial charge is 0.224 e. The highest BCUT2D eigenvalue weighted by Gasteiger charge is 2.18. The molecular weight excluding hydrogens is 491 g/mol. The Kier molecular flexibility index (Phi) is 7.45. The van der Waals surface area contributed by atoms with Crippen LogP contribution >= 0.6 is 0 Å². The number of fused-ring (bicyclic) bond motifs is 1. The lowest BCUT2D eigenvalue weighted by Crippen LogP contribution is -2.11. The van der Waals surface area contributed by atoms with Crippen LogP contribution in [0, 0.1) is 12.7 Å². The van der Waals surface area contributed by atoms with Crippen LogP contribution in [0.4, 0.5) is 10.1 Å². The van der Waals surface area contributed by atoms with E-state index in [4.69, 9.17) is 4.98 Å². The summed E-state index contributed by atoms with van der Waals surface area (Å²) in [6.45, 7) is 7.84. The molecule has 5 rings (SSSR count). The van der Waals surface area contributed by atoms with Crippen molar-refractivity contribution in [3.63, 3.8) is 0 Å². The predicted octanol–water partition coefficient (Wildman–Crippen LogP) is 7.21. The highest BCUT2D eigenvalue weighted by Crippen LogP contribution is 2.32. The highest BCUT2D eigenvalue weighted by atomic mass is 19.1. The molecule has 39 heavy (non-hydrogen) atoms. The van der Waals surface area contributed by atoms with Gasteiger partial charge in [0.05, 0.1) is 23.1 Å². The number of aromatic amines is 2. The van der Waals surface area contributed by atoms with E-state index in [2.05, 4.69) is 39.0 Å². The maximum atomic E-state index is 13.5. The van der Waals surface area contributed by atoms with Crippen molar-refractivity contribution in [1.82, 2.24) is 25.1 Å². The number of unbranched alkanes of at least 4 members (excludes halogenated alkanes) is 1. The van der Waals surface area contributed by atoms with E-state index in [0.29, 0.717) is 23.6 Å². The number of halogens is 1. The number of allylic oxidation sites excluding steroid dienone is 2. The van der Waals surface area contributed by atoms with Crippen LogP contribution < -0.4 is 5.32 Å². The summed E-state index contributed by atoms with van der Waals surface area (Å²) in [5, 5.41) is 11.5. The molecule has 8 heteroatoms. The molecule has 196 valence electrons. The summed E-state index contributed by atoms with van der Waals surface area (Å²) in [4.78, 5) is 24.8. The van der Waals surface area contributed by atoms with Gasteiger partial charge in [-0.25, -0.2) is 9.37 Å². The zero-order chi connectivity index (χ0) is 27.4. The van der Waals surface area contributed by atoms with Crippen molar-refractivity contribution in [1.29, 1.82) is 0 Å². The molecule has 3 aromatic heterocycles. The molecule has 0 spiro atoms. The number of carbonyl (C=O) groups excluding carboxylic acids is 1. The van der Waals surface area contributed by atoms with Gasteiger partial charge in [0, 0.05) is 34.8 Å². The SMILES string of the molecule is C=C/C=C(/c1ccc(F)cc1)c1nc(-c2n[nH]c3ccc(-c4cncc(NC(=O)CCCC)c4)cc23)[nH]c1C.